The number of benzene rings is 2. The summed E-state index contributed by atoms with van der Waals surface area (Å²) in [6.45, 7) is 0.196. The third-order valence-corrected chi connectivity index (χ3v) is 6.12. The van der Waals surface area contributed by atoms with Crippen LogP contribution in [0.3, 0.4) is 0 Å². The number of nitrogens with one attached hydrogen (secondary N) is 3. The molecule has 2 aromatic rings. The van der Waals surface area contributed by atoms with Crippen molar-refractivity contribution in [2.45, 2.75) is 12.8 Å². The Balaban J connectivity index is 1.33. The van der Waals surface area contributed by atoms with Gasteiger partial charge < -0.3 is 20.1 Å². The van der Waals surface area contributed by atoms with Crippen molar-refractivity contribution < 1.29 is 27.5 Å². The molecule has 0 heterocycles. The highest BCUT2D eigenvalue weighted by Gasteiger charge is 2.29. The summed E-state index contributed by atoms with van der Waals surface area (Å²) in [5, 5.41) is 5.46. The second-order valence-electron chi connectivity index (χ2n) is 7.33. The summed E-state index contributed by atoms with van der Waals surface area (Å²) >= 11 is 0. The Hall–Kier alpha value is -3.11. The molecule has 0 bridgehead atoms. The van der Waals surface area contributed by atoms with Gasteiger partial charge in [-0.1, -0.05) is 0 Å². The van der Waals surface area contributed by atoms with Gasteiger partial charge >= 0.3 is 0 Å². The number of sulfonamides is 1. The van der Waals surface area contributed by atoms with E-state index in [9.17, 15) is 18.0 Å². The van der Waals surface area contributed by atoms with Crippen LogP contribution in [0.1, 0.15) is 23.2 Å². The van der Waals surface area contributed by atoms with E-state index in [2.05, 4.69) is 15.4 Å². The van der Waals surface area contributed by atoms with Gasteiger partial charge in [0.1, 0.15) is 18.1 Å². The molecule has 2 amide bonds. The molecule has 32 heavy (non-hydrogen) atoms. The minimum atomic E-state index is -3.54. The lowest BCUT2D eigenvalue weighted by molar-refractivity contribution is -0.117. The first-order chi connectivity index (χ1) is 15.4. The number of anilines is 1. The van der Waals surface area contributed by atoms with E-state index in [1.807, 2.05) is 0 Å². The van der Waals surface area contributed by atoms with Crippen molar-refractivity contribution in [3.05, 3.63) is 54.1 Å². The summed E-state index contributed by atoms with van der Waals surface area (Å²) < 4.78 is 37.0. The lowest BCUT2D eigenvalue weighted by Crippen LogP contribution is -2.36. The fourth-order valence-electron chi connectivity index (χ4n) is 2.79. The SMILES string of the molecule is COc1ccc(OCCS(=O)(=O)NCCNC(=O)c2ccc(NC(=O)C3CC3)cc2)cc1. The molecule has 1 saturated carbocycles. The Labute approximate surface area is 187 Å². The monoisotopic (exact) mass is 461 g/mol. The third kappa shape index (κ3) is 7.54. The van der Waals surface area contributed by atoms with Crippen LogP contribution in [0, 0.1) is 5.92 Å². The first-order valence-electron chi connectivity index (χ1n) is 10.3. The normalized spacial score (nSPS) is 13.3. The van der Waals surface area contributed by atoms with Crippen molar-refractivity contribution in [3.8, 4) is 11.5 Å². The molecule has 0 radical (unpaired) electrons. The number of hydrogen-bond acceptors (Lipinski definition) is 6. The van der Waals surface area contributed by atoms with Gasteiger partial charge in [0.05, 0.1) is 12.9 Å². The Morgan fingerprint density at radius 2 is 1.62 bits per heavy atom. The molecule has 1 fully saturated rings. The largest absolute Gasteiger partial charge is 0.497 e. The van der Waals surface area contributed by atoms with E-state index < -0.39 is 10.0 Å². The molecule has 172 valence electrons. The molecule has 0 atom stereocenters. The van der Waals surface area contributed by atoms with Crippen molar-refractivity contribution in [1.82, 2.24) is 10.0 Å². The maximum Gasteiger partial charge on any atom is 0.251 e. The van der Waals surface area contributed by atoms with Gasteiger partial charge in [-0.3, -0.25) is 9.59 Å². The van der Waals surface area contributed by atoms with Crippen molar-refractivity contribution in [1.29, 1.82) is 0 Å². The Kier molecular flexibility index (Phi) is 8.07. The topological polar surface area (TPSA) is 123 Å². The average molecular weight is 462 g/mol. The lowest BCUT2D eigenvalue weighted by Gasteiger charge is -2.10. The zero-order valence-corrected chi connectivity index (χ0v) is 18.6. The van der Waals surface area contributed by atoms with Crippen LogP contribution in [-0.4, -0.2) is 52.8 Å². The van der Waals surface area contributed by atoms with Crippen LogP contribution in [0.2, 0.25) is 0 Å². The Morgan fingerprint density at radius 1 is 0.969 bits per heavy atom. The molecule has 3 N–H and O–H groups in total. The summed E-state index contributed by atoms with van der Waals surface area (Å²) in [6.07, 6.45) is 1.84. The highest BCUT2D eigenvalue weighted by Crippen LogP contribution is 2.30. The number of carbonyl (C=O) groups is 2. The van der Waals surface area contributed by atoms with Crippen LogP contribution < -0.4 is 24.8 Å². The molecular weight excluding hydrogens is 434 g/mol. The van der Waals surface area contributed by atoms with Crippen molar-refractivity contribution in [2.75, 3.05) is 37.9 Å². The van der Waals surface area contributed by atoms with Gasteiger partial charge in [-0.05, 0) is 61.4 Å². The van der Waals surface area contributed by atoms with Gasteiger partial charge in [-0.2, -0.15) is 0 Å². The minimum Gasteiger partial charge on any atom is -0.497 e. The van der Waals surface area contributed by atoms with E-state index in [1.165, 1.54) is 0 Å². The summed E-state index contributed by atoms with van der Waals surface area (Å²) in [5.41, 5.74) is 1.06. The van der Waals surface area contributed by atoms with Gasteiger partial charge in [0.15, 0.2) is 0 Å². The number of methoxy groups -OCH3 is 1. The molecule has 10 heteroatoms. The van der Waals surface area contributed by atoms with Crippen LogP contribution in [0.4, 0.5) is 5.69 Å². The van der Waals surface area contributed by atoms with Gasteiger partial charge in [0, 0.05) is 30.3 Å². The standard InChI is InChI=1S/C22H27N3O6S/c1-30-19-8-10-20(11-9-19)31-14-15-32(28,29)24-13-12-23-21(26)16-4-6-18(7-5-16)25-22(27)17-2-3-17/h4-11,17,24H,2-3,12-15H2,1H3,(H,23,26)(H,25,27). The van der Waals surface area contributed by atoms with E-state index in [0.717, 1.165) is 12.8 Å². The van der Waals surface area contributed by atoms with Crippen LogP contribution in [0.5, 0.6) is 11.5 Å². The van der Waals surface area contributed by atoms with Gasteiger partial charge in [0.25, 0.3) is 5.91 Å². The first kappa shape index (κ1) is 23.6. The average Bonchev–Trinajstić information content (AvgIpc) is 3.63. The maximum absolute atomic E-state index is 12.2. The fourth-order valence-corrected chi connectivity index (χ4v) is 3.65. The zero-order valence-electron chi connectivity index (χ0n) is 17.8. The van der Waals surface area contributed by atoms with E-state index in [-0.39, 0.29) is 43.2 Å². The number of rotatable bonds is 12. The molecule has 0 aliphatic heterocycles. The third-order valence-electron chi connectivity index (χ3n) is 4.78. The van der Waals surface area contributed by atoms with Crippen molar-refractivity contribution >= 4 is 27.5 Å². The van der Waals surface area contributed by atoms with E-state index >= 15 is 0 Å². The maximum atomic E-state index is 12.2. The van der Waals surface area contributed by atoms with Crippen molar-refractivity contribution in [2.24, 2.45) is 5.92 Å². The second-order valence-corrected chi connectivity index (χ2v) is 9.26. The summed E-state index contributed by atoms with van der Waals surface area (Å²) in [6, 6.07) is 13.4. The van der Waals surface area contributed by atoms with Gasteiger partial charge in [0.2, 0.25) is 15.9 Å². The fraction of sp³-hybridized carbons (Fsp3) is 0.364. The number of ether oxygens (including phenoxy) is 2. The lowest BCUT2D eigenvalue weighted by atomic mass is 10.2. The smallest absolute Gasteiger partial charge is 0.251 e. The molecule has 2 aromatic carbocycles. The molecular formula is C22H27N3O6S. The molecule has 0 aromatic heterocycles. The van der Waals surface area contributed by atoms with Crippen LogP contribution in [0.25, 0.3) is 0 Å². The predicted molar refractivity (Wildman–Crippen MR) is 120 cm³/mol. The summed E-state index contributed by atoms with van der Waals surface area (Å²) in [7, 11) is -1.98. The van der Waals surface area contributed by atoms with Gasteiger partial charge in [-0.25, -0.2) is 13.1 Å². The number of carbonyl (C=O) groups excluding carboxylic acids is 2. The van der Waals surface area contributed by atoms with Crippen LogP contribution in [-0.2, 0) is 14.8 Å². The molecule has 9 nitrogen and oxygen atoms in total. The summed E-state index contributed by atoms with van der Waals surface area (Å²) in [5.74, 6) is 0.809. The second kappa shape index (κ2) is 11.0. The first-order valence-corrected chi connectivity index (χ1v) is 11.9. The highest BCUT2D eigenvalue weighted by atomic mass is 32.2. The highest BCUT2D eigenvalue weighted by molar-refractivity contribution is 7.89. The number of amides is 2. The molecule has 3 rings (SSSR count). The molecule has 0 saturated heterocycles. The van der Waals surface area contributed by atoms with Crippen LogP contribution >= 0.6 is 0 Å². The van der Waals surface area contributed by atoms with Crippen molar-refractivity contribution in [3.63, 3.8) is 0 Å². The van der Waals surface area contributed by atoms with E-state index in [0.29, 0.717) is 22.7 Å². The Bertz CT molecular complexity index is 1020. The molecule has 0 spiro atoms. The van der Waals surface area contributed by atoms with Gasteiger partial charge in [-0.15, -0.1) is 0 Å². The quantitative estimate of drug-likeness (QED) is 0.414. The van der Waals surface area contributed by atoms with E-state index in [1.54, 1.807) is 55.6 Å². The molecule has 1 aliphatic carbocycles. The molecule has 0 unspecified atom stereocenters. The molecule has 1 aliphatic rings. The summed E-state index contributed by atoms with van der Waals surface area (Å²) in [4.78, 5) is 23.9. The minimum absolute atomic E-state index is 0.00233. The zero-order chi connectivity index (χ0) is 23.0. The predicted octanol–water partition coefficient (Wildman–Crippen LogP) is 1.77. The Morgan fingerprint density at radius 3 is 2.25 bits per heavy atom. The van der Waals surface area contributed by atoms with E-state index in [4.69, 9.17) is 9.47 Å². The van der Waals surface area contributed by atoms with Crippen LogP contribution in [0.15, 0.2) is 48.5 Å². The number of hydrogen-bond donors (Lipinski definition) is 3.